The lowest BCUT2D eigenvalue weighted by molar-refractivity contribution is 0.0988. The van der Waals surface area contributed by atoms with E-state index in [0.717, 1.165) is 5.56 Å². The van der Waals surface area contributed by atoms with Gasteiger partial charge in [0, 0.05) is 12.3 Å². The van der Waals surface area contributed by atoms with Crippen molar-refractivity contribution in [2.45, 2.75) is 13.3 Å². The van der Waals surface area contributed by atoms with E-state index in [2.05, 4.69) is 9.97 Å². The highest BCUT2D eigenvalue weighted by Crippen LogP contribution is 2.29. The number of aryl methyl sites for hydroxylation is 1. The van der Waals surface area contributed by atoms with Crippen molar-refractivity contribution < 1.29 is 14.3 Å². The van der Waals surface area contributed by atoms with Gasteiger partial charge in [0.2, 0.25) is 0 Å². The lowest BCUT2D eigenvalue weighted by atomic mass is 9.99. The van der Waals surface area contributed by atoms with E-state index in [1.54, 1.807) is 25.4 Å². The number of ether oxygens (including phenoxy) is 2. The molecule has 2 rings (SSSR count). The molecule has 0 N–H and O–H groups in total. The van der Waals surface area contributed by atoms with Crippen molar-refractivity contribution in [3.63, 3.8) is 0 Å². The highest BCUT2D eigenvalue weighted by atomic mass is 16.5. The second-order valence-electron chi connectivity index (χ2n) is 4.32. The summed E-state index contributed by atoms with van der Waals surface area (Å²) in [5.74, 6) is 1.14. The van der Waals surface area contributed by atoms with E-state index in [9.17, 15) is 4.79 Å². The van der Waals surface area contributed by atoms with E-state index in [4.69, 9.17) is 9.47 Å². The minimum atomic E-state index is -0.0410. The molecule has 0 unspecified atom stereocenters. The zero-order valence-electron chi connectivity index (χ0n) is 11.7. The van der Waals surface area contributed by atoms with Gasteiger partial charge >= 0.3 is 0 Å². The molecule has 0 saturated heterocycles. The van der Waals surface area contributed by atoms with Crippen molar-refractivity contribution in [3.8, 4) is 11.5 Å². The van der Waals surface area contributed by atoms with E-state index >= 15 is 0 Å². The summed E-state index contributed by atoms with van der Waals surface area (Å²) in [5, 5.41) is 0. The van der Waals surface area contributed by atoms with Crippen molar-refractivity contribution in [2.75, 3.05) is 14.2 Å². The molecular weight excluding hydrogens is 256 g/mol. The van der Waals surface area contributed by atoms with E-state index < -0.39 is 0 Å². The van der Waals surface area contributed by atoms with Gasteiger partial charge in [0.25, 0.3) is 0 Å². The Balaban J connectivity index is 2.34. The van der Waals surface area contributed by atoms with Gasteiger partial charge in [-0.05, 0) is 24.6 Å². The summed E-state index contributed by atoms with van der Waals surface area (Å²) < 4.78 is 10.5. The Morgan fingerprint density at radius 3 is 2.65 bits per heavy atom. The van der Waals surface area contributed by atoms with Crippen molar-refractivity contribution in [3.05, 3.63) is 47.5 Å². The molecule has 1 heterocycles. The van der Waals surface area contributed by atoms with Crippen molar-refractivity contribution in [2.24, 2.45) is 0 Å². The number of Topliss-reactive ketones (excluding diaryl/α,β-unsaturated/α-hetero) is 1. The lowest BCUT2D eigenvalue weighted by Crippen LogP contribution is -2.09. The molecule has 0 amide bonds. The van der Waals surface area contributed by atoms with Gasteiger partial charge < -0.3 is 9.47 Å². The van der Waals surface area contributed by atoms with Crippen LogP contribution >= 0.6 is 0 Å². The summed E-state index contributed by atoms with van der Waals surface area (Å²) in [7, 11) is 3.12. The van der Waals surface area contributed by atoms with Crippen LogP contribution in [0.2, 0.25) is 0 Å². The summed E-state index contributed by atoms with van der Waals surface area (Å²) in [6.07, 6.45) is 3.26. The van der Waals surface area contributed by atoms with Crippen LogP contribution in [0.4, 0.5) is 0 Å². The minimum absolute atomic E-state index is 0.0410. The third kappa shape index (κ3) is 2.93. The Morgan fingerprint density at radius 1 is 1.25 bits per heavy atom. The minimum Gasteiger partial charge on any atom is -0.497 e. The maximum absolute atomic E-state index is 12.4. The first-order valence-corrected chi connectivity index (χ1v) is 6.16. The molecule has 0 radical (unpaired) electrons. The van der Waals surface area contributed by atoms with Crippen LogP contribution in [0.3, 0.4) is 0 Å². The Hall–Kier alpha value is -2.43. The highest BCUT2D eigenvalue weighted by Gasteiger charge is 2.17. The van der Waals surface area contributed by atoms with Gasteiger partial charge in [0.1, 0.15) is 17.8 Å². The number of carbonyl (C=O) groups is 1. The molecule has 5 nitrogen and oxygen atoms in total. The summed E-state index contributed by atoms with van der Waals surface area (Å²) in [4.78, 5) is 20.3. The van der Waals surface area contributed by atoms with Crippen molar-refractivity contribution in [1.82, 2.24) is 9.97 Å². The fourth-order valence-corrected chi connectivity index (χ4v) is 2.03. The number of benzene rings is 1. The van der Waals surface area contributed by atoms with Crippen LogP contribution in [0.5, 0.6) is 11.5 Å². The molecule has 2 aromatic rings. The SMILES string of the molecule is COc1cc(C)c(C(=O)Cc2ccncn2)c(OC)c1. The van der Waals surface area contributed by atoms with Gasteiger partial charge in [-0.25, -0.2) is 9.97 Å². The molecule has 0 aliphatic rings. The van der Waals surface area contributed by atoms with Crippen LogP contribution in [-0.4, -0.2) is 30.0 Å². The summed E-state index contributed by atoms with van der Waals surface area (Å²) in [6, 6.07) is 5.25. The monoisotopic (exact) mass is 272 g/mol. The maximum Gasteiger partial charge on any atom is 0.172 e. The first kappa shape index (κ1) is 14.0. The summed E-state index contributed by atoms with van der Waals surface area (Å²) in [5.41, 5.74) is 2.06. The standard InChI is InChI=1S/C15H16N2O3/c1-10-6-12(19-2)8-14(20-3)15(10)13(18)7-11-4-5-16-9-17-11/h4-6,8-9H,7H2,1-3H3. The number of aromatic nitrogens is 2. The van der Waals surface area contributed by atoms with Gasteiger partial charge in [0.05, 0.1) is 31.9 Å². The van der Waals surface area contributed by atoms with Crippen LogP contribution in [0.15, 0.2) is 30.7 Å². The molecule has 0 spiro atoms. The third-order valence-electron chi connectivity index (χ3n) is 2.99. The number of hydrogen-bond donors (Lipinski definition) is 0. The molecule has 20 heavy (non-hydrogen) atoms. The number of methoxy groups -OCH3 is 2. The van der Waals surface area contributed by atoms with Crippen LogP contribution in [0.1, 0.15) is 21.6 Å². The Labute approximate surface area is 117 Å². The molecule has 1 aromatic heterocycles. The fourth-order valence-electron chi connectivity index (χ4n) is 2.03. The molecule has 0 aliphatic carbocycles. The molecule has 0 saturated carbocycles. The molecule has 1 aromatic carbocycles. The van der Waals surface area contributed by atoms with Gasteiger partial charge in [-0.3, -0.25) is 4.79 Å². The molecule has 0 bridgehead atoms. The van der Waals surface area contributed by atoms with Crippen LogP contribution in [-0.2, 0) is 6.42 Å². The smallest absolute Gasteiger partial charge is 0.172 e. The number of ketones is 1. The van der Waals surface area contributed by atoms with Crippen molar-refractivity contribution in [1.29, 1.82) is 0 Å². The van der Waals surface area contributed by atoms with Crippen LogP contribution in [0.25, 0.3) is 0 Å². The van der Waals surface area contributed by atoms with E-state index in [1.165, 1.54) is 13.4 Å². The average Bonchev–Trinajstić information content (AvgIpc) is 2.47. The summed E-state index contributed by atoms with van der Waals surface area (Å²) >= 11 is 0. The largest absolute Gasteiger partial charge is 0.497 e. The first-order chi connectivity index (χ1) is 9.65. The van der Waals surface area contributed by atoms with Gasteiger partial charge in [-0.15, -0.1) is 0 Å². The van der Waals surface area contributed by atoms with E-state index in [-0.39, 0.29) is 12.2 Å². The lowest BCUT2D eigenvalue weighted by Gasteiger charge is -2.12. The number of nitrogens with zero attached hydrogens (tertiary/aromatic N) is 2. The molecule has 0 fully saturated rings. The molecule has 5 heteroatoms. The zero-order valence-corrected chi connectivity index (χ0v) is 11.7. The molecule has 0 atom stereocenters. The van der Waals surface area contributed by atoms with Crippen LogP contribution in [0, 0.1) is 6.92 Å². The van der Waals surface area contributed by atoms with E-state index in [1.807, 2.05) is 13.0 Å². The molecular formula is C15H16N2O3. The Kier molecular flexibility index (Phi) is 4.30. The Morgan fingerprint density at radius 2 is 2.05 bits per heavy atom. The fraction of sp³-hybridized carbons (Fsp3) is 0.267. The molecule has 0 aliphatic heterocycles. The molecule has 104 valence electrons. The first-order valence-electron chi connectivity index (χ1n) is 6.16. The topological polar surface area (TPSA) is 61.3 Å². The van der Waals surface area contributed by atoms with Crippen molar-refractivity contribution >= 4 is 5.78 Å². The van der Waals surface area contributed by atoms with Gasteiger partial charge in [-0.1, -0.05) is 0 Å². The third-order valence-corrected chi connectivity index (χ3v) is 2.99. The quantitative estimate of drug-likeness (QED) is 0.781. The van der Waals surface area contributed by atoms with E-state index in [0.29, 0.717) is 22.8 Å². The number of rotatable bonds is 5. The summed E-state index contributed by atoms with van der Waals surface area (Å²) in [6.45, 7) is 1.86. The number of carbonyl (C=O) groups excluding carboxylic acids is 1. The predicted octanol–water partition coefficient (Wildman–Crippen LogP) is 2.23. The second-order valence-corrected chi connectivity index (χ2v) is 4.32. The number of hydrogen-bond acceptors (Lipinski definition) is 5. The predicted molar refractivity (Wildman–Crippen MR) is 74.3 cm³/mol. The average molecular weight is 272 g/mol. The second kappa shape index (κ2) is 6.14. The van der Waals surface area contributed by atoms with Gasteiger partial charge in [-0.2, -0.15) is 0 Å². The highest BCUT2D eigenvalue weighted by molar-refractivity contribution is 6.01. The zero-order chi connectivity index (χ0) is 14.5. The van der Waals surface area contributed by atoms with Gasteiger partial charge in [0.15, 0.2) is 5.78 Å². The Bertz CT molecular complexity index is 612. The maximum atomic E-state index is 12.4. The normalized spacial score (nSPS) is 10.2. The van der Waals surface area contributed by atoms with Crippen LogP contribution < -0.4 is 9.47 Å².